The average Bonchev–Trinajstić information content (AvgIpc) is 2.95. The first-order valence-corrected chi connectivity index (χ1v) is 12.9. The minimum atomic E-state index is -1.08. The van der Waals surface area contributed by atoms with Gasteiger partial charge in [0.1, 0.15) is 11.7 Å². The summed E-state index contributed by atoms with van der Waals surface area (Å²) in [7, 11) is 1.59. The third-order valence-electron chi connectivity index (χ3n) is 6.31. The summed E-state index contributed by atoms with van der Waals surface area (Å²) in [6.07, 6.45) is -0.572. The van der Waals surface area contributed by atoms with Gasteiger partial charge in [-0.3, -0.25) is 14.4 Å². The van der Waals surface area contributed by atoms with Gasteiger partial charge in [-0.05, 0) is 26.3 Å². The van der Waals surface area contributed by atoms with Gasteiger partial charge in [0.05, 0.1) is 12.7 Å². The average molecular weight is 542 g/mol. The highest BCUT2D eigenvalue weighted by Gasteiger charge is 2.31. The van der Waals surface area contributed by atoms with Crippen LogP contribution in [0.4, 0.5) is 4.79 Å². The number of methoxy groups -OCH3 is 1. The number of hydrogen-bond acceptors (Lipinski definition) is 8. The van der Waals surface area contributed by atoms with E-state index in [9.17, 15) is 24.3 Å². The van der Waals surface area contributed by atoms with E-state index in [4.69, 9.17) is 9.47 Å². The molecule has 0 aliphatic carbocycles. The van der Waals surface area contributed by atoms with Crippen LogP contribution in [0.15, 0.2) is 36.4 Å². The lowest BCUT2D eigenvalue weighted by Crippen LogP contribution is -2.56. The number of piperazine rings is 1. The second kappa shape index (κ2) is 14.2. The lowest BCUT2D eigenvalue weighted by molar-refractivity contribution is -0.138. The topological polar surface area (TPSA) is 151 Å². The van der Waals surface area contributed by atoms with Crippen LogP contribution in [-0.4, -0.2) is 101 Å². The molecule has 2 heterocycles. The lowest BCUT2D eigenvalue weighted by atomic mass is 10.1. The summed E-state index contributed by atoms with van der Waals surface area (Å²) >= 11 is 0. The molecule has 0 bridgehead atoms. The van der Waals surface area contributed by atoms with E-state index in [1.165, 1.54) is 9.80 Å². The normalized spacial score (nSPS) is 14.8. The number of amides is 3. The van der Waals surface area contributed by atoms with Gasteiger partial charge in [0.2, 0.25) is 5.91 Å². The number of aliphatic carboxylic acids is 1. The highest BCUT2D eigenvalue weighted by molar-refractivity contribution is 5.96. The monoisotopic (exact) mass is 541 g/mol. The van der Waals surface area contributed by atoms with Crippen LogP contribution in [0.2, 0.25) is 0 Å². The van der Waals surface area contributed by atoms with E-state index in [1.807, 2.05) is 37.3 Å². The molecule has 210 valence electrons. The SMILES string of the molecule is CCOC(=O)N1CCN(C(=O)C(CCC(=O)O)NC(=O)c2cc(CC(C)OC)nc(-c3ccccc3)n2)CC1. The molecular weight excluding hydrogens is 506 g/mol. The molecule has 2 unspecified atom stereocenters. The zero-order valence-corrected chi connectivity index (χ0v) is 22.5. The highest BCUT2D eigenvalue weighted by Crippen LogP contribution is 2.18. The van der Waals surface area contributed by atoms with E-state index in [2.05, 4.69) is 15.3 Å². The summed E-state index contributed by atoms with van der Waals surface area (Å²) in [6.45, 7) is 4.88. The Bertz CT molecular complexity index is 1150. The second-order valence-corrected chi connectivity index (χ2v) is 9.15. The number of aromatic nitrogens is 2. The molecule has 2 aromatic rings. The third-order valence-corrected chi connectivity index (χ3v) is 6.31. The Kier molecular flexibility index (Phi) is 10.7. The number of hydrogen-bond donors (Lipinski definition) is 2. The Balaban J connectivity index is 1.81. The van der Waals surface area contributed by atoms with Gasteiger partial charge in [0.15, 0.2) is 5.82 Å². The van der Waals surface area contributed by atoms with Crippen molar-refractivity contribution in [2.24, 2.45) is 0 Å². The first-order valence-electron chi connectivity index (χ1n) is 12.9. The molecule has 1 aliphatic rings. The van der Waals surface area contributed by atoms with Crippen molar-refractivity contribution in [1.29, 1.82) is 0 Å². The zero-order valence-electron chi connectivity index (χ0n) is 22.5. The van der Waals surface area contributed by atoms with Crippen molar-refractivity contribution in [2.45, 2.75) is 45.3 Å². The molecule has 1 aliphatic heterocycles. The van der Waals surface area contributed by atoms with Gasteiger partial charge in [-0.15, -0.1) is 0 Å². The second-order valence-electron chi connectivity index (χ2n) is 9.15. The van der Waals surface area contributed by atoms with Gasteiger partial charge in [0.25, 0.3) is 5.91 Å². The Labute approximate surface area is 227 Å². The molecule has 3 rings (SSSR count). The Morgan fingerprint density at radius 3 is 2.33 bits per heavy atom. The van der Waals surface area contributed by atoms with Gasteiger partial charge in [-0.1, -0.05) is 30.3 Å². The molecule has 2 atom stereocenters. The van der Waals surface area contributed by atoms with Gasteiger partial charge in [-0.2, -0.15) is 0 Å². The van der Waals surface area contributed by atoms with Gasteiger partial charge in [-0.25, -0.2) is 14.8 Å². The van der Waals surface area contributed by atoms with Crippen molar-refractivity contribution in [2.75, 3.05) is 39.9 Å². The Hall–Kier alpha value is -4.06. The van der Waals surface area contributed by atoms with E-state index in [0.29, 0.717) is 17.9 Å². The molecule has 2 N–H and O–H groups in total. The number of carboxylic acid groups (broad SMARTS) is 1. The van der Waals surface area contributed by atoms with Crippen molar-refractivity contribution in [1.82, 2.24) is 25.1 Å². The number of carbonyl (C=O) groups excluding carboxylic acids is 3. The number of nitrogens with zero attached hydrogens (tertiary/aromatic N) is 4. The van der Waals surface area contributed by atoms with E-state index < -0.39 is 29.9 Å². The molecule has 3 amide bonds. The molecular formula is C27H35N5O7. The maximum atomic E-state index is 13.4. The summed E-state index contributed by atoms with van der Waals surface area (Å²) in [5.41, 5.74) is 1.37. The predicted molar refractivity (Wildman–Crippen MR) is 141 cm³/mol. The number of benzene rings is 1. The molecule has 12 heteroatoms. The molecule has 0 radical (unpaired) electrons. The predicted octanol–water partition coefficient (Wildman–Crippen LogP) is 1.98. The standard InChI is InChI=1S/C27H35N5O7/c1-4-39-27(37)32-14-12-31(13-15-32)26(36)21(10-11-23(33)34)30-25(35)22-17-20(16-18(2)38-3)28-24(29-22)19-8-6-5-7-9-19/h5-9,17-18,21H,4,10-16H2,1-3H3,(H,30,35)(H,33,34). The molecule has 1 fully saturated rings. The number of nitrogens with one attached hydrogen (secondary N) is 1. The van der Waals surface area contributed by atoms with Crippen LogP contribution < -0.4 is 5.32 Å². The fraction of sp³-hybridized carbons (Fsp3) is 0.481. The van der Waals surface area contributed by atoms with Crippen LogP contribution in [0, 0.1) is 0 Å². The quantitative estimate of drug-likeness (QED) is 0.435. The summed E-state index contributed by atoms with van der Waals surface area (Å²) in [4.78, 5) is 62.1. The largest absolute Gasteiger partial charge is 0.481 e. The fourth-order valence-electron chi connectivity index (χ4n) is 4.11. The van der Waals surface area contributed by atoms with Crippen LogP contribution in [0.5, 0.6) is 0 Å². The fourth-order valence-corrected chi connectivity index (χ4v) is 4.11. The molecule has 1 aromatic carbocycles. The molecule has 39 heavy (non-hydrogen) atoms. The number of rotatable bonds is 11. The van der Waals surface area contributed by atoms with Crippen LogP contribution in [0.1, 0.15) is 42.9 Å². The van der Waals surface area contributed by atoms with E-state index in [-0.39, 0.29) is 57.4 Å². The summed E-state index contributed by atoms with van der Waals surface area (Å²) in [5, 5.41) is 11.9. The first kappa shape index (κ1) is 29.5. The summed E-state index contributed by atoms with van der Waals surface area (Å²) in [5.74, 6) is -1.77. The summed E-state index contributed by atoms with van der Waals surface area (Å²) < 4.78 is 10.4. The molecule has 0 spiro atoms. The van der Waals surface area contributed by atoms with E-state index in [1.54, 1.807) is 20.1 Å². The highest BCUT2D eigenvalue weighted by atomic mass is 16.6. The maximum absolute atomic E-state index is 13.4. The maximum Gasteiger partial charge on any atom is 0.409 e. The molecule has 0 saturated carbocycles. The smallest absolute Gasteiger partial charge is 0.409 e. The van der Waals surface area contributed by atoms with Crippen molar-refractivity contribution in [3.8, 4) is 11.4 Å². The van der Waals surface area contributed by atoms with E-state index >= 15 is 0 Å². The molecule has 12 nitrogen and oxygen atoms in total. The van der Waals surface area contributed by atoms with Gasteiger partial charge >= 0.3 is 12.1 Å². The van der Waals surface area contributed by atoms with Crippen molar-refractivity contribution < 1.29 is 33.8 Å². The van der Waals surface area contributed by atoms with Crippen molar-refractivity contribution >= 4 is 23.9 Å². The van der Waals surface area contributed by atoms with Crippen LogP contribution in [0.25, 0.3) is 11.4 Å². The van der Waals surface area contributed by atoms with Crippen LogP contribution in [0.3, 0.4) is 0 Å². The number of ether oxygens (including phenoxy) is 2. The van der Waals surface area contributed by atoms with E-state index in [0.717, 1.165) is 5.56 Å². The van der Waals surface area contributed by atoms with Crippen LogP contribution in [-0.2, 0) is 25.5 Å². The van der Waals surface area contributed by atoms with Crippen molar-refractivity contribution in [3.63, 3.8) is 0 Å². The number of carbonyl (C=O) groups is 4. The zero-order chi connectivity index (χ0) is 28.4. The minimum absolute atomic E-state index is 0.0578. The van der Waals surface area contributed by atoms with Crippen LogP contribution >= 0.6 is 0 Å². The Morgan fingerprint density at radius 2 is 1.72 bits per heavy atom. The minimum Gasteiger partial charge on any atom is -0.481 e. The molecule has 1 aromatic heterocycles. The first-order chi connectivity index (χ1) is 18.7. The van der Waals surface area contributed by atoms with Gasteiger partial charge < -0.3 is 29.7 Å². The lowest BCUT2D eigenvalue weighted by Gasteiger charge is -2.35. The summed E-state index contributed by atoms with van der Waals surface area (Å²) in [6, 6.07) is 9.66. The number of carboxylic acids is 1. The third kappa shape index (κ3) is 8.47. The molecule has 1 saturated heterocycles. The van der Waals surface area contributed by atoms with Crippen molar-refractivity contribution in [3.05, 3.63) is 47.8 Å². The Morgan fingerprint density at radius 1 is 1.05 bits per heavy atom. The van der Waals surface area contributed by atoms with Gasteiger partial charge in [0, 0.05) is 57.4 Å².